The lowest BCUT2D eigenvalue weighted by atomic mass is 9.49. The molecule has 2 nitrogen and oxygen atoms in total. The Labute approximate surface area is 151 Å². The maximum absolute atomic E-state index is 12.6. The fourth-order valence-electron chi connectivity index (χ4n) is 6.84. The Morgan fingerprint density at radius 3 is 2.64 bits per heavy atom. The number of carbonyl (C=O) groups excluding carboxylic acids is 2. The van der Waals surface area contributed by atoms with Crippen LogP contribution in [-0.4, -0.2) is 11.6 Å². The summed E-state index contributed by atoms with van der Waals surface area (Å²) in [5.41, 5.74) is 2.53. The van der Waals surface area contributed by atoms with E-state index in [1.165, 1.54) is 11.1 Å². The summed E-state index contributed by atoms with van der Waals surface area (Å²) in [6.45, 7) is 10.9. The Kier molecular flexibility index (Phi) is 3.43. The van der Waals surface area contributed by atoms with E-state index in [0.717, 1.165) is 25.7 Å². The first kappa shape index (κ1) is 17.0. The van der Waals surface area contributed by atoms with E-state index in [2.05, 4.69) is 39.8 Å². The van der Waals surface area contributed by atoms with Gasteiger partial charge in [-0.3, -0.25) is 9.59 Å². The van der Waals surface area contributed by atoms with Crippen molar-refractivity contribution >= 4 is 11.6 Å². The van der Waals surface area contributed by atoms with Gasteiger partial charge in [-0.15, -0.1) is 0 Å². The molecule has 2 fully saturated rings. The standard InChI is InChI=1S/C23H30O2/c1-14-12-20-18-7-6-16-13-17(25)8-10-21(16,3)19(18)9-11-22(20,4)23(14,5)15(2)24/h8-10,13-14,18,20H,6-7,11-12H2,1-5H3/t14-,18-,20+,21+,22+,23-/m1/s1. The van der Waals surface area contributed by atoms with Gasteiger partial charge in [0.1, 0.15) is 5.78 Å². The molecule has 0 heterocycles. The van der Waals surface area contributed by atoms with Crippen molar-refractivity contribution in [1.82, 2.24) is 0 Å². The Morgan fingerprint density at radius 2 is 1.96 bits per heavy atom. The number of hydrogen-bond acceptors (Lipinski definition) is 2. The predicted molar refractivity (Wildman–Crippen MR) is 99.9 cm³/mol. The van der Waals surface area contributed by atoms with Crippen LogP contribution in [0, 0.1) is 34.0 Å². The summed E-state index contributed by atoms with van der Waals surface area (Å²) in [5.74, 6) is 2.03. The molecule has 134 valence electrons. The second kappa shape index (κ2) is 5.05. The third-order valence-corrected chi connectivity index (χ3v) is 8.85. The van der Waals surface area contributed by atoms with Crippen LogP contribution in [0.2, 0.25) is 0 Å². The molecule has 2 heteroatoms. The first-order chi connectivity index (χ1) is 11.6. The normalized spacial score (nSPS) is 48.2. The quantitative estimate of drug-likeness (QED) is 0.627. The molecule has 0 amide bonds. The van der Waals surface area contributed by atoms with E-state index in [4.69, 9.17) is 0 Å². The van der Waals surface area contributed by atoms with Crippen molar-refractivity contribution in [3.8, 4) is 0 Å². The molecule has 2 saturated carbocycles. The molecule has 0 saturated heterocycles. The zero-order valence-electron chi connectivity index (χ0n) is 16.2. The van der Waals surface area contributed by atoms with Gasteiger partial charge in [0.05, 0.1) is 0 Å². The molecule has 0 aromatic rings. The molecule has 0 aliphatic heterocycles. The zero-order valence-corrected chi connectivity index (χ0v) is 16.2. The molecular formula is C23H30O2. The molecular weight excluding hydrogens is 308 g/mol. The lowest BCUT2D eigenvalue weighted by Gasteiger charge is -2.54. The maximum atomic E-state index is 12.6. The molecule has 0 aromatic heterocycles. The molecule has 0 unspecified atom stereocenters. The summed E-state index contributed by atoms with van der Waals surface area (Å²) < 4.78 is 0. The first-order valence-electron chi connectivity index (χ1n) is 9.80. The highest BCUT2D eigenvalue weighted by Crippen LogP contribution is 2.69. The Bertz CT molecular complexity index is 754. The minimum atomic E-state index is -0.227. The molecule has 4 aliphatic rings. The zero-order chi connectivity index (χ0) is 18.2. The highest BCUT2D eigenvalue weighted by molar-refractivity contribution is 6.01. The molecule has 4 aliphatic carbocycles. The van der Waals surface area contributed by atoms with E-state index in [9.17, 15) is 9.59 Å². The molecule has 0 aromatic carbocycles. The number of hydrogen-bond donors (Lipinski definition) is 0. The van der Waals surface area contributed by atoms with E-state index in [1.807, 2.05) is 6.08 Å². The minimum Gasteiger partial charge on any atom is -0.299 e. The van der Waals surface area contributed by atoms with Crippen molar-refractivity contribution in [1.29, 1.82) is 0 Å². The molecule has 25 heavy (non-hydrogen) atoms. The molecule has 0 N–H and O–H groups in total. The number of ketones is 2. The third kappa shape index (κ3) is 1.92. The average Bonchev–Trinajstić information content (AvgIpc) is 2.77. The Balaban J connectivity index is 1.81. The largest absolute Gasteiger partial charge is 0.299 e. The number of allylic oxidation sites excluding steroid dienone is 6. The Hall–Kier alpha value is -1.44. The lowest BCUT2D eigenvalue weighted by Crippen LogP contribution is -2.49. The smallest absolute Gasteiger partial charge is 0.178 e. The number of carbonyl (C=O) groups is 2. The van der Waals surface area contributed by atoms with Gasteiger partial charge in [0.25, 0.3) is 0 Å². The fraction of sp³-hybridized carbons (Fsp3) is 0.652. The van der Waals surface area contributed by atoms with Gasteiger partial charge in [-0.25, -0.2) is 0 Å². The molecule has 0 spiro atoms. The maximum Gasteiger partial charge on any atom is 0.178 e. The average molecular weight is 338 g/mol. The van der Waals surface area contributed by atoms with E-state index in [1.54, 1.807) is 13.0 Å². The minimum absolute atomic E-state index is 0.0538. The van der Waals surface area contributed by atoms with Crippen molar-refractivity contribution in [2.24, 2.45) is 34.0 Å². The number of Topliss-reactive ketones (excluding diaryl/α,β-unsaturated/α-hetero) is 1. The summed E-state index contributed by atoms with van der Waals surface area (Å²) >= 11 is 0. The van der Waals surface area contributed by atoms with Crippen LogP contribution in [0.3, 0.4) is 0 Å². The summed E-state index contributed by atoms with van der Waals surface area (Å²) in [4.78, 5) is 24.5. The highest BCUT2D eigenvalue weighted by atomic mass is 16.1. The van der Waals surface area contributed by atoms with Crippen LogP contribution in [-0.2, 0) is 9.59 Å². The van der Waals surface area contributed by atoms with Crippen LogP contribution >= 0.6 is 0 Å². The second-order valence-corrected chi connectivity index (χ2v) is 9.54. The Morgan fingerprint density at radius 1 is 1.24 bits per heavy atom. The SMILES string of the molecule is CC(=O)[C@@]1(C)[C@H](C)C[C@H]2[C@@H]3CCC4=CC(=O)C=C[C@]4(C)C3=CC[C@@]21C. The van der Waals surface area contributed by atoms with E-state index in [0.29, 0.717) is 23.5 Å². The van der Waals surface area contributed by atoms with Gasteiger partial charge in [-0.1, -0.05) is 44.1 Å². The van der Waals surface area contributed by atoms with Crippen molar-refractivity contribution in [3.05, 3.63) is 35.5 Å². The first-order valence-corrected chi connectivity index (χ1v) is 9.80. The fourth-order valence-corrected chi connectivity index (χ4v) is 6.84. The molecule has 6 atom stereocenters. The van der Waals surface area contributed by atoms with Crippen LogP contribution < -0.4 is 0 Å². The van der Waals surface area contributed by atoms with Crippen molar-refractivity contribution in [2.45, 2.75) is 60.3 Å². The van der Waals surface area contributed by atoms with Crippen LogP contribution in [0.1, 0.15) is 60.3 Å². The van der Waals surface area contributed by atoms with E-state index in [-0.39, 0.29) is 22.0 Å². The van der Waals surface area contributed by atoms with Gasteiger partial charge in [0.15, 0.2) is 5.78 Å². The summed E-state index contributed by atoms with van der Waals surface area (Å²) in [5, 5.41) is 0. The van der Waals surface area contributed by atoms with Gasteiger partial charge in [0, 0.05) is 10.8 Å². The van der Waals surface area contributed by atoms with Crippen molar-refractivity contribution < 1.29 is 9.59 Å². The summed E-state index contributed by atoms with van der Waals surface area (Å²) in [6, 6.07) is 0. The summed E-state index contributed by atoms with van der Waals surface area (Å²) in [6.07, 6.45) is 12.4. The van der Waals surface area contributed by atoms with Gasteiger partial charge in [-0.2, -0.15) is 0 Å². The monoisotopic (exact) mass is 338 g/mol. The third-order valence-electron chi connectivity index (χ3n) is 8.85. The predicted octanol–water partition coefficient (Wildman–Crippen LogP) is 5.06. The van der Waals surface area contributed by atoms with Crippen LogP contribution in [0.4, 0.5) is 0 Å². The van der Waals surface area contributed by atoms with Gasteiger partial charge < -0.3 is 0 Å². The van der Waals surface area contributed by atoms with Crippen LogP contribution in [0.25, 0.3) is 0 Å². The number of rotatable bonds is 1. The lowest BCUT2D eigenvalue weighted by molar-refractivity contribution is -0.135. The van der Waals surface area contributed by atoms with Gasteiger partial charge in [-0.05, 0) is 74.9 Å². The van der Waals surface area contributed by atoms with Crippen LogP contribution in [0.5, 0.6) is 0 Å². The van der Waals surface area contributed by atoms with E-state index >= 15 is 0 Å². The van der Waals surface area contributed by atoms with Gasteiger partial charge >= 0.3 is 0 Å². The summed E-state index contributed by atoms with van der Waals surface area (Å²) in [7, 11) is 0. The molecule has 0 radical (unpaired) electrons. The van der Waals surface area contributed by atoms with Gasteiger partial charge in [0.2, 0.25) is 0 Å². The topological polar surface area (TPSA) is 34.1 Å². The van der Waals surface area contributed by atoms with Crippen molar-refractivity contribution in [3.63, 3.8) is 0 Å². The van der Waals surface area contributed by atoms with Crippen LogP contribution in [0.15, 0.2) is 35.5 Å². The highest BCUT2D eigenvalue weighted by Gasteiger charge is 2.64. The van der Waals surface area contributed by atoms with Crippen molar-refractivity contribution in [2.75, 3.05) is 0 Å². The van der Waals surface area contributed by atoms with E-state index < -0.39 is 0 Å². The molecule has 0 bridgehead atoms. The molecule has 4 rings (SSSR count). The second-order valence-electron chi connectivity index (χ2n) is 9.54. The number of fused-ring (bicyclic) bond motifs is 5.